The molecule has 4 atom stereocenters. The van der Waals surface area contributed by atoms with Crippen LogP contribution in [0, 0.1) is 5.92 Å². The minimum Gasteiger partial charge on any atom is -0.386 e. The van der Waals surface area contributed by atoms with Crippen LogP contribution in [-0.2, 0) is 4.74 Å². The van der Waals surface area contributed by atoms with Crippen molar-refractivity contribution < 1.29 is 9.84 Å². The van der Waals surface area contributed by atoms with Gasteiger partial charge in [-0.15, -0.1) is 0 Å². The first kappa shape index (κ1) is 12.3. The highest BCUT2D eigenvalue weighted by Gasteiger charge is 2.39. The van der Waals surface area contributed by atoms with E-state index < -0.39 is 5.60 Å². The van der Waals surface area contributed by atoms with Crippen LogP contribution >= 0.6 is 0 Å². The van der Waals surface area contributed by atoms with Gasteiger partial charge in [-0.25, -0.2) is 0 Å². The molecule has 0 amide bonds. The molecule has 2 N–H and O–H groups in total. The quantitative estimate of drug-likeness (QED) is 0.771. The Labute approximate surface area is 98.6 Å². The first-order valence-corrected chi connectivity index (χ1v) is 6.69. The lowest BCUT2D eigenvalue weighted by molar-refractivity contribution is -0.0292. The third-order valence-electron chi connectivity index (χ3n) is 4.44. The van der Waals surface area contributed by atoms with Crippen LogP contribution in [0.3, 0.4) is 0 Å². The summed E-state index contributed by atoms with van der Waals surface area (Å²) in [6.07, 6.45) is 6.01. The van der Waals surface area contributed by atoms with Crippen LogP contribution in [0.2, 0.25) is 0 Å². The van der Waals surface area contributed by atoms with E-state index in [-0.39, 0.29) is 6.10 Å². The molecule has 16 heavy (non-hydrogen) atoms. The van der Waals surface area contributed by atoms with E-state index in [1.54, 1.807) is 0 Å². The molecule has 1 aliphatic heterocycles. The first-order valence-electron chi connectivity index (χ1n) is 6.69. The van der Waals surface area contributed by atoms with Gasteiger partial charge in [-0.2, -0.15) is 0 Å². The molecule has 1 saturated carbocycles. The molecule has 1 aliphatic carbocycles. The van der Waals surface area contributed by atoms with E-state index in [4.69, 9.17) is 4.74 Å². The Hall–Kier alpha value is -0.120. The van der Waals surface area contributed by atoms with Gasteiger partial charge in [-0.3, -0.25) is 0 Å². The van der Waals surface area contributed by atoms with Crippen molar-refractivity contribution in [3.63, 3.8) is 0 Å². The van der Waals surface area contributed by atoms with Crippen LogP contribution in [0.5, 0.6) is 0 Å². The van der Waals surface area contributed by atoms with Crippen molar-refractivity contribution in [2.75, 3.05) is 13.2 Å². The summed E-state index contributed by atoms with van der Waals surface area (Å²) in [5.74, 6) is 0.745. The molecule has 0 radical (unpaired) electrons. The molecule has 0 aromatic rings. The van der Waals surface area contributed by atoms with Gasteiger partial charge in [0.05, 0.1) is 6.10 Å². The van der Waals surface area contributed by atoms with Crippen LogP contribution < -0.4 is 5.32 Å². The second kappa shape index (κ2) is 5.03. The van der Waals surface area contributed by atoms with Crippen molar-refractivity contribution in [3.8, 4) is 0 Å². The summed E-state index contributed by atoms with van der Waals surface area (Å²) in [4.78, 5) is 0. The first-order chi connectivity index (χ1) is 7.62. The van der Waals surface area contributed by atoms with Crippen LogP contribution in [0.15, 0.2) is 0 Å². The number of aliphatic hydroxyl groups is 1. The van der Waals surface area contributed by atoms with Gasteiger partial charge in [-0.1, -0.05) is 19.8 Å². The number of ether oxygens (including phenoxy) is 1. The van der Waals surface area contributed by atoms with Crippen molar-refractivity contribution in [3.05, 3.63) is 0 Å². The van der Waals surface area contributed by atoms with Crippen LogP contribution in [-0.4, -0.2) is 36.0 Å². The Kier molecular flexibility index (Phi) is 3.88. The second-order valence-corrected chi connectivity index (χ2v) is 5.62. The fraction of sp³-hybridized carbons (Fsp3) is 1.00. The summed E-state index contributed by atoms with van der Waals surface area (Å²) in [7, 11) is 0. The molecule has 1 saturated heterocycles. The van der Waals surface area contributed by atoms with Crippen molar-refractivity contribution >= 4 is 0 Å². The van der Waals surface area contributed by atoms with Crippen molar-refractivity contribution in [1.82, 2.24) is 5.32 Å². The number of nitrogens with one attached hydrogen (secondary N) is 1. The second-order valence-electron chi connectivity index (χ2n) is 5.62. The van der Waals surface area contributed by atoms with E-state index in [2.05, 4.69) is 12.2 Å². The summed E-state index contributed by atoms with van der Waals surface area (Å²) in [6, 6.07) is 0.588. The van der Waals surface area contributed by atoms with E-state index in [9.17, 15) is 5.11 Å². The van der Waals surface area contributed by atoms with E-state index in [1.165, 1.54) is 25.7 Å². The monoisotopic (exact) mass is 227 g/mol. The van der Waals surface area contributed by atoms with Crippen LogP contribution in [0.1, 0.15) is 46.0 Å². The Bertz CT molecular complexity index is 234. The third kappa shape index (κ3) is 2.58. The molecule has 3 nitrogen and oxygen atoms in total. The Morgan fingerprint density at radius 2 is 2.06 bits per heavy atom. The zero-order chi connectivity index (χ0) is 11.6. The largest absolute Gasteiger partial charge is 0.386 e. The summed E-state index contributed by atoms with van der Waals surface area (Å²) in [6.45, 7) is 5.66. The predicted octanol–water partition coefficient (Wildman–Crippen LogP) is 1.69. The average Bonchev–Trinajstić information content (AvgIpc) is 2.59. The maximum absolute atomic E-state index is 10.4. The van der Waals surface area contributed by atoms with E-state index in [0.717, 1.165) is 12.3 Å². The molecule has 2 aliphatic rings. The van der Waals surface area contributed by atoms with E-state index in [1.807, 2.05) is 6.92 Å². The molecular weight excluding hydrogens is 202 g/mol. The lowest BCUT2D eigenvalue weighted by Crippen LogP contribution is -2.50. The SMILES string of the molecule is CC1CCCCC1NCC1(O)CCOC1C. The highest BCUT2D eigenvalue weighted by molar-refractivity contribution is 4.93. The topological polar surface area (TPSA) is 41.5 Å². The highest BCUT2D eigenvalue weighted by Crippen LogP contribution is 2.27. The van der Waals surface area contributed by atoms with Crippen LogP contribution in [0.4, 0.5) is 0 Å². The maximum atomic E-state index is 10.4. The Morgan fingerprint density at radius 3 is 2.69 bits per heavy atom. The summed E-state index contributed by atoms with van der Waals surface area (Å²) in [5.41, 5.74) is -0.642. The predicted molar refractivity (Wildman–Crippen MR) is 64.4 cm³/mol. The zero-order valence-corrected chi connectivity index (χ0v) is 10.5. The number of rotatable bonds is 3. The smallest absolute Gasteiger partial charge is 0.105 e. The molecular formula is C13H25NO2. The lowest BCUT2D eigenvalue weighted by Gasteiger charge is -2.34. The fourth-order valence-corrected chi connectivity index (χ4v) is 2.93. The van der Waals surface area contributed by atoms with Gasteiger partial charge in [0.2, 0.25) is 0 Å². The van der Waals surface area contributed by atoms with Crippen molar-refractivity contribution in [2.24, 2.45) is 5.92 Å². The van der Waals surface area contributed by atoms with Crippen molar-refractivity contribution in [1.29, 1.82) is 0 Å². The molecule has 0 aromatic carbocycles. The average molecular weight is 227 g/mol. The van der Waals surface area contributed by atoms with Crippen LogP contribution in [0.25, 0.3) is 0 Å². The van der Waals surface area contributed by atoms with Gasteiger partial charge < -0.3 is 15.2 Å². The molecule has 2 rings (SSSR count). The van der Waals surface area contributed by atoms with Gasteiger partial charge in [0.1, 0.15) is 5.60 Å². The maximum Gasteiger partial charge on any atom is 0.105 e. The minimum absolute atomic E-state index is 0.0288. The number of hydrogen-bond acceptors (Lipinski definition) is 3. The Morgan fingerprint density at radius 1 is 1.31 bits per heavy atom. The minimum atomic E-state index is -0.642. The third-order valence-corrected chi connectivity index (χ3v) is 4.44. The molecule has 0 aromatic heterocycles. The van der Waals surface area contributed by atoms with E-state index >= 15 is 0 Å². The van der Waals surface area contributed by atoms with Gasteiger partial charge in [0.25, 0.3) is 0 Å². The van der Waals surface area contributed by atoms with Gasteiger partial charge >= 0.3 is 0 Å². The number of hydrogen-bond donors (Lipinski definition) is 2. The van der Waals surface area contributed by atoms with Gasteiger partial charge in [0.15, 0.2) is 0 Å². The lowest BCUT2D eigenvalue weighted by atomic mass is 9.85. The fourth-order valence-electron chi connectivity index (χ4n) is 2.93. The summed E-state index contributed by atoms with van der Waals surface area (Å²) < 4.78 is 5.45. The van der Waals surface area contributed by atoms with Crippen molar-refractivity contribution in [2.45, 2.75) is 63.7 Å². The normalized spacial score (nSPS) is 44.8. The molecule has 1 heterocycles. The molecule has 4 unspecified atom stereocenters. The molecule has 0 spiro atoms. The standard InChI is InChI=1S/C13H25NO2/c1-10-5-3-4-6-12(10)14-9-13(15)7-8-16-11(13)2/h10-12,14-15H,3-9H2,1-2H3. The van der Waals surface area contributed by atoms with Gasteiger partial charge in [0, 0.05) is 25.6 Å². The highest BCUT2D eigenvalue weighted by atomic mass is 16.5. The molecule has 2 fully saturated rings. The molecule has 94 valence electrons. The summed E-state index contributed by atoms with van der Waals surface area (Å²) in [5, 5.41) is 13.9. The molecule has 3 heteroatoms. The summed E-state index contributed by atoms with van der Waals surface area (Å²) >= 11 is 0. The Balaban J connectivity index is 1.81. The zero-order valence-electron chi connectivity index (χ0n) is 10.5. The van der Waals surface area contributed by atoms with Gasteiger partial charge in [-0.05, 0) is 25.7 Å². The molecule has 0 bridgehead atoms. The van der Waals surface area contributed by atoms with E-state index in [0.29, 0.717) is 19.2 Å².